The molecule has 0 bridgehead atoms. The molecule has 1 saturated heterocycles. The van der Waals surface area contributed by atoms with Crippen molar-refractivity contribution in [3.63, 3.8) is 0 Å². The molecule has 3 N–H and O–H groups in total. The van der Waals surface area contributed by atoms with Crippen molar-refractivity contribution in [2.45, 2.75) is 46.5 Å². The van der Waals surface area contributed by atoms with E-state index in [0.29, 0.717) is 24.8 Å². The summed E-state index contributed by atoms with van der Waals surface area (Å²) in [5, 5.41) is 31.4. The highest BCUT2D eigenvalue weighted by molar-refractivity contribution is 7.99. The van der Waals surface area contributed by atoms with Gasteiger partial charge in [0.2, 0.25) is 11.6 Å². The Morgan fingerprint density at radius 2 is 2.02 bits per heavy atom. The van der Waals surface area contributed by atoms with E-state index >= 15 is 8.78 Å². The van der Waals surface area contributed by atoms with Gasteiger partial charge >= 0.3 is 5.69 Å². The number of H-pyrrole nitrogens is 1. The number of aliphatic hydroxyl groups excluding tert-OH is 1. The van der Waals surface area contributed by atoms with Gasteiger partial charge in [-0.3, -0.25) is 15.2 Å². The van der Waals surface area contributed by atoms with Crippen LogP contribution in [0.4, 0.5) is 31.9 Å². The third-order valence-electron chi connectivity index (χ3n) is 7.60. The quantitative estimate of drug-likeness (QED) is 0.114. The fourth-order valence-corrected chi connectivity index (χ4v) is 7.32. The number of nitro benzene ring substituents is 1. The highest BCUT2D eigenvalue weighted by atomic mass is 32.2. The molecule has 14 nitrogen and oxygen atoms in total. The summed E-state index contributed by atoms with van der Waals surface area (Å²) in [5.41, 5.74) is -0.528. The van der Waals surface area contributed by atoms with Crippen LogP contribution in [0.3, 0.4) is 0 Å². The Bertz CT molecular complexity index is 1920. The second-order valence-electron chi connectivity index (χ2n) is 11.0. The zero-order valence-electron chi connectivity index (χ0n) is 25.7. The Morgan fingerprint density at radius 3 is 2.66 bits per heavy atom. The predicted molar refractivity (Wildman–Crippen MR) is 168 cm³/mol. The van der Waals surface area contributed by atoms with Gasteiger partial charge < -0.3 is 24.8 Å². The van der Waals surface area contributed by atoms with Gasteiger partial charge in [-0.05, 0) is 50.7 Å². The second kappa shape index (κ2) is 13.4. The molecule has 5 rings (SSSR count). The van der Waals surface area contributed by atoms with Crippen LogP contribution in [0, 0.1) is 28.7 Å². The molecule has 2 aromatic heterocycles. The third-order valence-corrected chi connectivity index (χ3v) is 11.0. The van der Waals surface area contributed by atoms with Crippen LogP contribution < -0.4 is 15.0 Å². The van der Waals surface area contributed by atoms with Crippen molar-refractivity contribution in [1.82, 2.24) is 20.2 Å². The minimum atomic E-state index is -4.47. The zero-order chi connectivity index (χ0) is 34.1. The van der Waals surface area contributed by atoms with Crippen molar-refractivity contribution in [3.8, 4) is 5.75 Å². The number of aromatic nitrogens is 4. The van der Waals surface area contributed by atoms with Gasteiger partial charge in [0.15, 0.2) is 32.4 Å². The van der Waals surface area contributed by atoms with Gasteiger partial charge in [-0.1, -0.05) is 12.1 Å². The first kappa shape index (κ1) is 34.0. The summed E-state index contributed by atoms with van der Waals surface area (Å²) in [6.07, 6.45) is 0. The number of anilines is 3. The molecule has 0 amide bonds. The molecule has 1 unspecified atom stereocenters. The summed E-state index contributed by atoms with van der Waals surface area (Å²) < 4.78 is 67.3. The lowest BCUT2D eigenvalue weighted by Crippen LogP contribution is -2.48. The number of aromatic amines is 1. The van der Waals surface area contributed by atoms with E-state index in [-0.39, 0.29) is 34.8 Å². The molecule has 18 heteroatoms. The first-order valence-electron chi connectivity index (χ1n) is 14.1. The van der Waals surface area contributed by atoms with Crippen LogP contribution in [0.15, 0.2) is 57.4 Å². The zero-order valence-corrected chi connectivity index (χ0v) is 27.3. The molecule has 3 heterocycles. The molecule has 250 valence electrons. The maximum absolute atomic E-state index is 15.7. The number of hydrogen-bond donors (Lipinski definition) is 3. The van der Waals surface area contributed by atoms with Gasteiger partial charge in [0.1, 0.15) is 5.82 Å². The Hall–Kier alpha value is -4.39. The lowest BCUT2D eigenvalue weighted by molar-refractivity contribution is -0.387. The normalized spacial score (nSPS) is 15.5. The topological polar surface area (TPSA) is 186 Å². The first-order valence-corrected chi connectivity index (χ1v) is 16.4. The Kier molecular flexibility index (Phi) is 9.67. The molecule has 47 heavy (non-hydrogen) atoms. The number of aliphatic hydroxyl groups is 1. The van der Waals surface area contributed by atoms with Crippen LogP contribution in [0.5, 0.6) is 5.75 Å². The van der Waals surface area contributed by atoms with Crippen molar-refractivity contribution in [1.29, 1.82) is 0 Å². The Balaban J connectivity index is 1.52. The Labute approximate surface area is 272 Å². The number of ether oxygens (including phenoxy) is 2. The number of rotatable bonds is 11. The van der Waals surface area contributed by atoms with Crippen molar-refractivity contribution in [3.05, 3.63) is 75.5 Å². The number of benzene rings is 2. The third kappa shape index (κ3) is 6.58. The number of morpholine rings is 1. The molecule has 1 aliphatic heterocycles. The van der Waals surface area contributed by atoms with E-state index in [2.05, 4.69) is 25.5 Å². The van der Waals surface area contributed by atoms with E-state index in [0.717, 1.165) is 41.7 Å². The summed E-state index contributed by atoms with van der Waals surface area (Å²) >= 11 is 0.810. The number of methoxy groups -OCH3 is 1. The maximum atomic E-state index is 15.7. The van der Waals surface area contributed by atoms with E-state index in [1.54, 1.807) is 11.0 Å². The van der Waals surface area contributed by atoms with Crippen LogP contribution in [0.2, 0.25) is 0 Å². The van der Waals surface area contributed by atoms with E-state index in [1.807, 2.05) is 6.92 Å². The van der Waals surface area contributed by atoms with Gasteiger partial charge in [-0.2, -0.15) is 9.49 Å². The Morgan fingerprint density at radius 1 is 1.26 bits per heavy atom. The lowest BCUT2D eigenvalue weighted by atomic mass is 10.0. The maximum Gasteiger partial charge on any atom is 0.305 e. The minimum absolute atomic E-state index is 0.0262. The molecule has 0 spiro atoms. The fraction of sp³-hybridized carbons (Fsp3) is 0.345. The summed E-state index contributed by atoms with van der Waals surface area (Å²) in [5.74, 6) is -1.04. The molecule has 4 aromatic rings. The van der Waals surface area contributed by atoms with E-state index in [4.69, 9.17) is 9.47 Å². The van der Waals surface area contributed by atoms with Gasteiger partial charge in [0, 0.05) is 29.9 Å². The van der Waals surface area contributed by atoms with Crippen LogP contribution in [0.1, 0.15) is 25.1 Å². The molecule has 0 saturated carbocycles. The summed E-state index contributed by atoms with van der Waals surface area (Å²) in [6, 6.07) is 7.74. The van der Waals surface area contributed by atoms with Crippen molar-refractivity contribution < 1.29 is 36.7 Å². The number of aryl methyl sites for hydroxylation is 1. The van der Waals surface area contributed by atoms with Gasteiger partial charge in [-0.25, -0.2) is 22.8 Å². The molecular formula is C29H31F2N7O7S2. The van der Waals surface area contributed by atoms with Gasteiger partial charge in [0.05, 0.1) is 52.4 Å². The number of nitro groups is 1. The standard InChI is InChI=1S/C29H31F2N7O7S2/c1-16-12-23(36-35-16)32-26-25(44-4)27(37-10-11-45-15-17(37)14-39)34-28(33-26)46-22-9-8-18(13-20(22)30)47(42,43)29(2,3)19-6-5-7-21(24(19)31)38(40)41/h5-9,12-13,17,39H,10-11,14-15H2,1-4H3,(H2,32,33,34,35,36). The number of hydrogen-bond acceptors (Lipinski definition) is 13. The lowest BCUT2D eigenvalue weighted by Gasteiger charge is -2.36. The number of halogens is 2. The SMILES string of the molecule is COc1c(Nc2cc(C)[nH]n2)nc(Sc2ccc(S(=O)(=O)C(C)(C)c3cccc([N+](=O)[O-])c3F)cc2F)nc1N1CCOCC1CO. The number of nitrogens with one attached hydrogen (secondary N) is 2. The summed E-state index contributed by atoms with van der Waals surface area (Å²) in [6.45, 7) is 4.92. The van der Waals surface area contributed by atoms with E-state index in [9.17, 15) is 23.6 Å². The smallest absolute Gasteiger partial charge is 0.305 e. The average molecular weight is 692 g/mol. The number of nitrogens with zero attached hydrogens (tertiary/aromatic N) is 5. The highest BCUT2D eigenvalue weighted by Gasteiger charge is 2.41. The fourth-order valence-electron chi connectivity index (χ4n) is 5.01. The van der Waals surface area contributed by atoms with Crippen LogP contribution >= 0.6 is 11.8 Å². The van der Waals surface area contributed by atoms with Crippen molar-refractivity contribution in [2.75, 3.05) is 43.7 Å². The highest BCUT2D eigenvalue weighted by Crippen LogP contribution is 2.42. The monoisotopic (exact) mass is 691 g/mol. The van der Waals surface area contributed by atoms with Gasteiger partial charge in [0.25, 0.3) is 0 Å². The van der Waals surface area contributed by atoms with E-state index < -0.39 is 53.3 Å². The second-order valence-corrected chi connectivity index (χ2v) is 14.5. The van der Waals surface area contributed by atoms with Crippen LogP contribution in [-0.2, 0) is 19.3 Å². The van der Waals surface area contributed by atoms with Gasteiger partial charge in [-0.15, -0.1) is 0 Å². The molecule has 1 fully saturated rings. The molecule has 1 aliphatic rings. The van der Waals surface area contributed by atoms with Crippen LogP contribution in [0.25, 0.3) is 0 Å². The average Bonchev–Trinajstić information content (AvgIpc) is 3.45. The van der Waals surface area contributed by atoms with Crippen LogP contribution in [-0.4, -0.2) is 78.1 Å². The molecule has 2 aromatic carbocycles. The van der Waals surface area contributed by atoms with Crippen molar-refractivity contribution >= 4 is 44.7 Å². The number of sulfone groups is 1. The molecule has 0 radical (unpaired) electrons. The minimum Gasteiger partial charge on any atom is -0.490 e. The molecule has 0 aliphatic carbocycles. The largest absolute Gasteiger partial charge is 0.490 e. The predicted octanol–water partition coefficient (Wildman–Crippen LogP) is 4.50. The summed E-state index contributed by atoms with van der Waals surface area (Å²) in [7, 11) is -3.03. The van der Waals surface area contributed by atoms with Crippen molar-refractivity contribution in [2.24, 2.45) is 0 Å². The summed E-state index contributed by atoms with van der Waals surface area (Å²) in [4.78, 5) is 20.8. The van der Waals surface area contributed by atoms with E-state index in [1.165, 1.54) is 33.1 Å². The molecular weight excluding hydrogens is 660 g/mol. The molecule has 1 atom stereocenters. The first-order chi connectivity index (χ1) is 22.3.